The molecule has 0 N–H and O–H groups in total. The van der Waals surface area contributed by atoms with Crippen molar-refractivity contribution >= 4 is 12.0 Å². The SMILES string of the molecule is Cc1ccc(/C=C/C(=O)N2CCCCO2)c(C)c1. The van der Waals surface area contributed by atoms with Gasteiger partial charge in [0.05, 0.1) is 6.61 Å². The molecule has 1 aromatic rings. The van der Waals surface area contributed by atoms with Crippen molar-refractivity contribution in [1.29, 1.82) is 0 Å². The van der Waals surface area contributed by atoms with Gasteiger partial charge < -0.3 is 0 Å². The first-order chi connectivity index (χ1) is 8.66. The van der Waals surface area contributed by atoms with E-state index in [9.17, 15) is 4.79 Å². The average Bonchev–Trinajstić information content (AvgIpc) is 2.38. The Balaban J connectivity index is 2.03. The van der Waals surface area contributed by atoms with Gasteiger partial charge in [0, 0.05) is 12.6 Å². The molecule has 0 bridgehead atoms. The molecule has 1 amide bonds. The van der Waals surface area contributed by atoms with Crippen LogP contribution in [0.4, 0.5) is 0 Å². The maximum atomic E-state index is 11.9. The van der Waals surface area contributed by atoms with E-state index in [0.29, 0.717) is 13.2 Å². The number of carbonyl (C=O) groups is 1. The third kappa shape index (κ3) is 3.20. The molecular formula is C15H19NO2. The van der Waals surface area contributed by atoms with Crippen LogP contribution in [-0.4, -0.2) is 24.1 Å². The summed E-state index contributed by atoms with van der Waals surface area (Å²) in [7, 11) is 0. The largest absolute Gasteiger partial charge is 0.271 e. The van der Waals surface area contributed by atoms with Crippen LogP contribution < -0.4 is 0 Å². The first kappa shape index (κ1) is 12.8. The molecular weight excluding hydrogens is 226 g/mol. The van der Waals surface area contributed by atoms with Gasteiger partial charge in [-0.25, -0.2) is 5.06 Å². The zero-order valence-electron chi connectivity index (χ0n) is 11.0. The highest BCUT2D eigenvalue weighted by Gasteiger charge is 2.14. The van der Waals surface area contributed by atoms with E-state index < -0.39 is 0 Å². The van der Waals surface area contributed by atoms with Crippen molar-refractivity contribution in [2.75, 3.05) is 13.2 Å². The minimum Gasteiger partial charge on any atom is -0.271 e. The van der Waals surface area contributed by atoms with E-state index in [-0.39, 0.29) is 5.91 Å². The van der Waals surface area contributed by atoms with E-state index in [0.717, 1.165) is 18.4 Å². The van der Waals surface area contributed by atoms with Gasteiger partial charge in [0.1, 0.15) is 0 Å². The molecule has 0 aromatic heterocycles. The normalized spacial score (nSPS) is 16.2. The number of rotatable bonds is 2. The number of hydrogen-bond acceptors (Lipinski definition) is 2. The summed E-state index contributed by atoms with van der Waals surface area (Å²) in [5.74, 6) is -0.0744. The third-order valence-corrected chi connectivity index (χ3v) is 3.08. The minimum atomic E-state index is -0.0744. The van der Waals surface area contributed by atoms with E-state index in [1.165, 1.54) is 16.2 Å². The fourth-order valence-electron chi connectivity index (χ4n) is 2.03. The van der Waals surface area contributed by atoms with Gasteiger partial charge in [-0.1, -0.05) is 23.8 Å². The van der Waals surface area contributed by atoms with Crippen LogP contribution in [-0.2, 0) is 9.63 Å². The van der Waals surface area contributed by atoms with Crippen LogP contribution in [0.15, 0.2) is 24.3 Å². The van der Waals surface area contributed by atoms with E-state index in [1.807, 2.05) is 12.1 Å². The fraction of sp³-hybridized carbons (Fsp3) is 0.400. The molecule has 0 radical (unpaired) electrons. The Kier molecular flexibility index (Phi) is 4.15. The number of aryl methyl sites for hydroxylation is 2. The molecule has 0 unspecified atom stereocenters. The van der Waals surface area contributed by atoms with Gasteiger partial charge in [-0.3, -0.25) is 9.63 Å². The quantitative estimate of drug-likeness (QED) is 0.750. The maximum Gasteiger partial charge on any atom is 0.270 e. The monoisotopic (exact) mass is 245 g/mol. The van der Waals surface area contributed by atoms with E-state index >= 15 is 0 Å². The van der Waals surface area contributed by atoms with E-state index in [1.54, 1.807) is 6.08 Å². The Hall–Kier alpha value is -1.61. The van der Waals surface area contributed by atoms with Crippen molar-refractivity contribution in [2.24, 2.45) is 0 Å². The Bertz CT molecular complexity index is 460. The van der Waals surface area contributed by atoms with Crippen LogP contribution in [0.3, 0.4) is 0 Å². The molecule has 0 atom stereocenters. The van der Waals surface area contributed by atoms with Gasteiger partial charge in [0.25, 0.3) is 5.91 Å². The predicted octanol–water partition coefficient (Wildman–Crippen LogP) is 2.87. The molecule has 1 saturated heterocycles. The van der Waals surface area contributed by atoms with Gasteiger partial charge in [-0.05, 0) is 43.9 Å². The molecule has 18 heavy (non-hydrogen) atoms. The Labute approximate surface area is 108 Å². The molecule has 1 aromatic carbocycles. The highest BCUT2D eigenvalue weighted by atomic mass is 16.7. The molecule has 0 spiro atoms. The molecule has 1 heterocycles. The summed E-state index contributed by atoms with van der Waals surface area (Å²) in [6.45, 7) is 5.45. The van der Waals surface area contributed by atoms with Crippen LogP contribution in [0.2, 0.25) is 0 Å². The topological polar surface area (TPSA) is 29.5 Å². The van der Waals surface area contributed by atoms with Crippen molar-refractivity contribution in [2.45, 2.75) is 26.7 Å². The van der Waals surface area contributed by atoms with Crippen molar-refractivity contribution < 1.29 is 9.63 Å². The predicted molar refractivity (Wildman–Crippen MR) is 71.8 cm³/mol. The molecule has 0 saturated carbocycles. The molecule has 1 aliphatic rings. The lowest BCUT2D eigenvalue weighted by Gasteiger charge is -2.24. The molecule has 1 fully saturated rings. The van der Waals surface area contributed by atoms with Crippen LogP contribution in [0.1, 0.15) is 29.5 Å². The summed E-state index contributed by atoms with van der Waals surface area (Å²) >= 11 is 0. The smallest absolute Gasteiger partial charge is 0.270 e. The second-order valence-electron chi connectivity index (χ2n) is 4.67. The average molecular weight is 245 g/mol. The number of amides is 1. The van der Waals surface area contributed by atoms with Crippen LogP contribution in [0.25, 0.3) is 6.08 Å². The van der Waals surface area contributed by atoms with Crippen molar-refractivity contribution in [3.8, 4) is 0 Å². The summed E-state index contributed by atoms with van der Waals surface area (Å²) < 4.78 is 0. The lowest BCUT2D eigenvalue weighted by Crippen LogP contribution is -2.34. The molecule has 1 aliphatic heterocycles. The standard InChI is InChI=1S/C15H19NO2/c1-12-5-6-14(13(2)11-12)7-8-15(17)16-9-3-4-10-18-16/h5-8,11H,3-4,9-10H2,1-2H3/b8-7+. The van der Waals surface area contributed by atoms with Gasteiger partial charge in [-0.2, -0.15) is 0 Å². The zero-order chi connectivity index (χ0) is 13.0. The lowest BCUT2D eigenvalue weighted by atomic mass is 10.1. The maximum absolute atomic E-state index is 11.9. The molecule has 2 rings (SSSR count). The van der Waals surface area contributed by atoms with Crippen molar-refractivity contribution in [1.82, 2.24) is 5.06 Å². The highest BCUT2D eigenvalue weighted by Crippen LogP contribution is 2.13. The zero-order valence-corrected chi connectivity index (χ0v) is 11.0. The number of hydrogen-bond donors (Lipinski definition) is 0. The summed E-state index contributed by atoms with van der Waals surface area (Å²) in [4.78, 5) is 17.2. The van der Waals surface area contributed by atoms with Gasteiger partial charge in [-0.15, -0.1) is 0 Å². The second-order valence-corrected chi connectivity index (χ2v) is 4.67. The number of carbonyl (C=O) groups excluding carboxylic acids is 1. The summed E-state index contributed by atoms with van der Waals surface area (Å²) in [6, 6.07) is 6.20. The Morgan fingerprint density at radius 1 is 1.33 bits per heavy atom. The summed E-state index contributed by atoms with van der Waals surface area (Å²) in [6.07, 6.45) is 5.49. The van der Waals surface area contributed by atoms with Gasteiger partial charge in [0.2, 0.25) is 0 Å². The minimum absolute atomic E-state index is 0.0744. The Morgan fingerprint density at radius 3 is 2.83 bits per heavy atom. The molecule has 0 aliphatic carbocycles. The fourth-order valence-corrected chi connectivity index (χ4v) is 2.03. The van der Waals surface area contributed by atoms with Crippen LogP contribution >= 0.6 is 0 Å². The first-order valence-electron chi connectivity index (χ1n) is 6.36. The van der Waals surface area contributed by atoms with Crippen LogP contribution in [0.5, 0.6) is 0 Å². The molecule has 3 nitrogen and oxygen atoms in total. The first-order valence-corrected chi connectivity index (χ1v) is 6.36. The Morgan fingerprint density at radius 2 is 2.17 bits per heavy atom. The summed E-state index contributed by atoms with van der Waals surface area (Å²) in [5.41, 5.74) is 3.49. The number of nitrogens with zero attached hydrogens (tertiary/aromatic N) is 1. The number of benzene rings is 1. The van der Waals surface area contributed by atoms with E-state index in [4.69, 9.17) is 4.84 Å². The molecule has 96 valence electrons. The van der Waals surface area contributed by atoms with Crippen molar-refractivity contribution in [3.05, 3.63) is 41.0 Å². The van der Waals surface area contributed by atoms with E-state index in [2.05, 4.69) is 26.0 Å². The second kappa shape index (κ2) is 5.83. The highest BCUT2D eigenvalue weighted by molar-refractivity contribution is 5.91. The third-order valence-electron chi connectivity index (χ3n) is 3.08. The summed E-state index contributed by atoms with van der Waals surface area (Å²) in [5, 5.41) is 1.45. The van der Waals surface area contributed by atoms with Gasteiger partial charge >= 0.3 is 0 Å². The van der Waals surface area contributed by atoms with Gasteiger partial charge in [0.15, 0.2) is 0 Å². The van der Waals surface area contributed by atoms with Crippen LogP contribution in [0, 0.1) is 13.8 Å². The molecule has 3 heteroatoms. The van der Waals surface area contributed by atoms with Crippen molar-refractivity contribution in [3.63, 3.8) is 0 Å². The lowest BCUT2D eigenvalue weighted by molar-refractivity contribution is -0.191. The number of hydroxylamine groups is 2.